The van der Waals surface area contributed by atoms with Gasteiger partial charge in [0.05, 0.1) is 24.4 Å². The van der Waals surface area contributed by atoms with E-state index in [9.17, 15) is 39.3 Å². The average molecular weight is 1040 g/mol. The Morgan fingerprint density at radius 2 is 1.55 bits per heavy atom. The fourth-order valence-electron chi connectivity index (χ4n) is 11.6. The molecule has 0 aromatic heterocycles. The van der Waals surface area contributed by atoms with Gasteiger partial charge in [0.2, 0.25) is 5.79 Å². The maximum Gasteiger partial charge on any atom is 0.410 e. The summed E-state index contributed by atoms with van der Waals surface area (Å²) in [5.41, 5.74) is 2.16. The number of hydrogen-bond donors (Lipinski definition) is 3. The third kappa shape index (κ3) is 16.0. The minimum absolute atomic E-state index is 0.0179. The lowest BCUT2D eigenvalue weighted by Gasteiger charge is -2.42. The second-order valence-electron chi connectivity index (χ2n) is 22.3. The number of methoxy groups -OCH3 is 3. The third-order valence-corrected chi connectivity index (χ3v) is 16.7. The molecule has 5 rings (SSSR count). The Hall–Kier alpha value is -4.03. The molecule has 3 N–H and O–H groups in total. The number of ether oxygens (including phenoxy) is 6. The molecule has 0 aromatic carbocycles. The summed E-state index contributed by atoms with van der Waals surface area (Å²) in [5.74, 6) is -7.17. The minimum atomic E-state index is -2.44. The number of aliphatic hydroxyl groups is 3. The van der Waals surface area contributed by atoms with Crippen LogP contribution in [0.2, 0.25) is 0 Å². The molecule has 2 amide bonds. The van der Waals surface area contributed by atoms with Crippen LogP contribution in [0, 0.1) is 35.5 Å². The number of amides is 2. The Morgan fingerprint density at radius 1 is 0.838 bits per heavy atom. The van der Waals surface area contributed by atoms with Gasteiger partial charge in [-0.25, -0.2) is 9.59 Å². The third-order valence-electron chi connectivity index (χ3n) is 16.7. The molecule has 1 saturated carbocycles. The number of hydrogen-bond acceptors (Lipinski definition) is 14. The van der Waals surface area contributed by atoms with E-state index in [1.807, 2.05) is 38.2 Å². The number of aliphatic hydroxyl groups excluding tert-OH is 2. The average Bonchev–Trinajstić information content (AvgIpc) is 3.38. The number of Topliss-reactive ketones (excluding diaryl/α,β-unsaturated/α-hetero) is 2. The summed E-state index contributed by atoms with van der Waals surface area (Å²) >= 11 is 0. The molecule has 4 heterocycles. The lowest BCUT2D eigenvalue weighted by Crippen LogP contribution is -2.61. The summed E-state index contributed by atoms with van der Waals surface area (Å²) in [7, 11) is 4.71. The summed E-state index contributed by atoms with van der Waals surface area (Å²) in [5, 5.41) is 33.7. The molecule has 5 aliphatic rings. The number of carbonyl (C=O) groups is 5. The number of fused-ring (bicyclic) bond motifs is 3. The monoisotopic (exact) mass is 1040 g/mol. The van der Waals surface area contributed by atoms with Crippen LogP contribution in [0.25, 0.3) is 0 Å². The van der Waals surface area contributed by atoms with Crippen molar-refractivity contribution in [3.05, 3.63) is 59.8 Å². The predicted molar refractivity (Wildman–Crippen MR) is 280 cm³/mol. The number of likely N-dealkylation sites (tertiary alicyclic amines) is 1. The first-order valence-electron chi connectivity index (χ1n) is 27.4. The van der Waals surface area contributed by atoms with Crippen molar-refractivity contribution in [1.82, 2.24) is 9.80 Å². The highest BCUT2D eigenvalue weighted by Gasteiger charge is 2.53. The number of piperidine rings is 2. The van der Waals surface area contributed by atoms with Crippen LogP contribution in [0.4, 0.5) is 4.79 Å². The lowest BCUT2D eigenvalue weighted by atomic mass is 9.78. The van der Waals surface area contributed by atoms with E-state index in [1.54, 1.807) is 46.0 Å². The Balaban J connectivity index is 1.43. The molecule has 416 valence electrons. The van der Waals surface area contributed by atoms with Crippen molar-refractivity contribution in [2.45, 2.75) is 199 Å². The van der Waals surface area contributed by atoms with Crippen LogP contribution in [0.15, 0.2) is 59.8 Å². The van der Waals surface area contributed by atoms with E-state index >= 15 is 0 Å². The van der Waals surface area contributed by atoms with Crippen molar-refractivity contribution in [2.75, 3.05) is 41.0 Å². The summed E-state index contributed by atoms with van der Waals surface area (Å²) in [4.78, 5) is 73.7. The van der Waals surface area contributed by atoms with Gasteiger partial charge in [-0.2, -0.15) is 0 Å². The van der Waals surface area contributed by atoms with Crippen LogP contribution in [0.1, 0.15) is 138 Å². The fourth-order valence-corrected chi connectivity index (χ4v) is 11.6. The van der Waals surface area contributed by atoms with E-state index in [2.05, 4.69) is 26.5 Å². The van der Waals surface area contributed by atoms with Gasteiger partial charge in [0.15, 0.2) is 0 Å². The normalized spacial score (nSPS) is 38.4. The summed E-state index contributed by atoms with van der Waals surface area (Å²) in [6, 6.07) is -1.15. The Bertz CT molecular complexity index is 2040. The van der Waals surface area contributed by atoms with Crippen molar-refractivity contribution >= 4 is 29.5 Å². The first kappa shape index (κ1) is 60.8. The SMILES string of the molecule is C=C1[C@H](C)C[C@H](C)/C=C/C=C/C=C(\C)[C@@H](OC)C[C@@H]2CC[C@@H](C)[C@@](O)(O2)C(=O)C(=O)N2CCCC[C@H]2C(=O)O[C@H]([C@H](C)C[C@@H]2CC[C@@H](OC(=O)N3CCC(O)CC3)[C@H](OC)C2)CC(=O)[C@H](C)/C=C(\C)[C@@H](O)[C@H]1OC. The summed E-state index contributed by atoms with van der Waals surface area (Å²) in [6.45, 7) is 18.5. The Morgan fingerprint density at radius 3 is 2.23 bits per heavy atom. The zero-order valence-electron chi connectivity index (χ0n) is 46.1. The number of ketones is 2. The molecular weight excluding hydrogens is 949 g/mol. The smallest absolute Gasteiger partial charge is 0.410 e. The van der Waals surface area contributed by atoms with E-state index in [-0.39, 0.29) is 48.8 Å². The van der Waals surface area contributed by atoms with E-state index in [0.717, 1.165) is 17.6 Å². The van der Waals surface area contributed by atoms with Crippen LogP contribution in [0.3, 0.4) is 0 Å². The molecule has 0 unspecified atom stereocenters. The van der Waals surface area contributed by atoms with Crippen LogP contribution in [-0.4, -0.2) is 156 Å². The number of nitrogens with zero attached hydrogens (tertiary/aromatic N) is 2. The Kier molecular flexibility index (Phi) is 23.3. The van der Waals surface area contributed by atoms with E-state index < -0.39 is 96.2 Å². The van der Waals surface area contributed by atoms with Gasteiger partial charge in [-0.1, -0.05) is 77.7 Å². The zero-order chi connectivity index (χ0) is 54.4. The predicted octanol–water partition coefficient (Wildman–Crippen LogP) is 7.77. The minimum Gasteiger partial charge on any atom is -0.460 e. The van der Waals surface area contributed by atoms with Gasteiger partial charge in [-0.3, -0.25) is 14.4 Å². The molecule has 74 heavy (non-hydrogen) atoms. The van der Waals surface area contributed by atoms with Gasteiger partial charge in [0.1, 0.15) is 36.2 Å². The Labute approximate surface area is 440 Å². The number of rotatable bonds is 7. The molecule has 16 nitrogen and oxygen atoms in total. The van der Waals surface area contributed by atoms with Gasteiger partial charge in [-0.05, 0) is 131 Å². The largest absolute Gasteiger partial charge is 0.460 e. The van der Waals surface area contributed by atoms with Gasteiger partial charge in [-0.15, -0.1) is 0 Å². The molecule has 4 fully saturated rings. The molecule has 4 aliphatic heterocycles. The molecule has 1 aliphatic carbocycles. The van der Waals surface area contributed by atoms with Gasteiger partial charge < -0.3 is 53.5 Å². The summed E-state index contributed by atoms with van der Waals surface area (Å²) in [6.07, 6.45) is 12.6. The van der Waals surface area contributed by atoms with Gasteiger partial charge in [0.25, 0.3) is 11.7 Å². The molecule has 16 heteroatoms. The maximum atomic E-state index is 14.6. The first-order valence-corrected chi connectivity index (χ1v) is 27.4. The topological polar surface area (TPSA) is 208 Å². The van der Waals surface area contributed by atoms with E-state index in [1.165, 1.54) is 12.0 Å². The van der Waals surface area contributed by atoms with Crippen LogP contribution >= 0.6 is 0 Å². The van der Waals surface area contributed by atoms with Crippen LogP contribution in [0.5, 0.6) is 0 Å². The number of allylic oxidation sites excluding steroid dienone is 6. The molecule has 0 aromatic rings. The lowest BCUT2D eigenvalue weighted by molar-refractivity contribution is -0.265. The van der Waals surface area contributed by atoms with Gasteiger partial charge in [0, 0.05) is 65.6 Å². The van der Waals surface area contributed by atoms with Crippen molar-refractivity contribution in [3.8, 4) is 0 Å². The number of esters is 1. The second kappa shape index (κ2) is 28.4. The highest BCUT2D eigenvalue weighted by Crippen LogP contribution is 2.38. The zero-order valence-corrected chi connectivity index (χ0v) is 46.1. The number of cyclic esters (lactones) is 1. The highest BCUT2D eigenvalue weighted by atomic mass is 16.6. The van der Waals surface area contributed by atoms with Crippen molar-refractivity contribution in [3.63, 3.8) is 0 Å². The maximum absolute atomic E-state index is 14.6. The van der Waals surface area contributed by atoms with E-state index in [4.69, 9.17) is 28.4 Å². The van der Waals surface area contributed by atoms with Crippen molar-refractivity contribution in [2.24, 2.45) is 35.5 Å². The molecule has 0 spiro atoms. The fraction of sp³-hybridized carbons (Fsp3) is 0.741. The molecule has 15 atom stereocenters. The molecule has 0 radical (unpaired) electrons. The number of carbonyl (C=O) groups excluding carboxylic acids is 5. The quantitative estimate of drug-likeness (QED) is 0.127. The summed E-state index contributed by atoms with van der Waals surface area (Å²) < 4.78 is 36.2. The van der Waals surface area contributed by atoms with Crippen LogP contribution < -0.4 is 0 Å². The van der Waals surface area contributed by atoms with E-state index in [0.29, 0.717) is 89.3 Å². The molecule has 2 bridgehead atoms. The second-order valence-corrected chi connectivity index (χ2v) is 22.3. The van der Waals surface area contributed by atoms with Crippen molar-refractivity contribution < 1.29 is 67.7 Å². The van der Waals surface area contributed by atoms with Crippen molar-refractivity contribution in [1.29, 1.82) is 0 Å². The van der Waals surface area contributed by atoms with Gasteiger partial charge >= 0.3 is 12.1 Å². The first-order chi connectivity index (χ1) is 35.1. The standard InChI is InChI=1S/C58H90N2O14/c1-35-17-13-12-14-18-36(2)49(69-9)33-45-22-20-41(7)58(68,74-45)54(64)55(65)60-26-16-15-19-46(60)56(66)72-50(34-47(62)38(4)30-40(6)52(63)53(71-11)42(8)37(3)29-35)39(5)31-43-21-23-48(51(32-43)70-10)73-57(67)59-27-24-44(61)25-28-59/h12-14,17-18,30,35,37-39,41,43-46,48-53,61,63,68H,8,15-16,19-29,31-34H2,1-7,9-11H3/b14-12+,17-13+,36-18+,40-30+/t35-,37-,38-,39-,41-,43+,45+,46+,48-,49+,50+,51-,52-,53+,58-/m1/s1. The highest BCUT2D eigenvalue weighted by molar-refractivity contribution is 6.39. The molecule has 3 saturated heterocycles. The van der Waals surface area contributed by atoms with Crippen LogP contribution in [-0.2, 0) is 47.6 Å². The molecular formula is C58H90N2O14.